The van der Waals surface area contributed by atoms with Crippen molar-refractivity contribution in [1.82, 2.24) is 10.7 Å². The van der Waals surface area contributed by atoms with E-state index in [1.165, 1.54) is 0 Å². The molecule has 0 fully saturated rings. The number of amides is 2. The van der Waals surface area contributed by atoms with Gasteiger partial charge in [-0.3, -0.25) is 9.59 Å². The Morgan fingerprint density at radius 2 is 1.68 bits per heavy atom. The van der Waals surface area contributed by atoms with E-state index in [0.717, 1.165) is 46.6 Å². The number of fused-ring (bicyclic) bond motifs is 1. The van der Waals surface area contributed by atoms with E-state index in [2.05, 4.69) is 15.8 Å². The van der Waals surface area contributed by atoms with E-state index in [-0.39, 0.29) is 17.6 Å². The van der Waals surface area contributed by atoms with Crippen molar-refractivity contribution < 1.29 is 18.7 Å². The monoisotopic (exact) mass is 459 g/mol. The Kier molecular flexibility index (Phi) is 7.54. The second-order valence-corrected chi connectivity index (χ2v) is 8.25. The smallest absolute Gasteiger partial charge is 0.287 e. The minimum absolute atomic E-state index is 0.212. The van der Waals surface area contributed by atoms with Crippen molar-refractivity contribution in [3.63, 3.8) is 0 Å². The fourth-order valence-corrected chi connectivity index (χ4v) is 4.32. The number of hydrogen-bond donors (Lipinski definition) is 2. The fraction of sp³-hybridized carbons (Fsp3) is 0.296. The van der Waals surface area contributed by atoms with E-state index < -0.39 is 5.92 Å². The number of benzene rings is 2. The van der Waals surface area contributed by atoms with E-state index in [9.17, 15) is 9.59 Å². The third kappa shape index (κ3) is 5.10. The van der Waals surface area contributed by atoms with Gasteiger partial charge in [-0.05, 0) is 30.9 Å². The average Bonchev–Trinajstić information content (AvgIpc) is 3.21. The standard InChI is InChI=1S/C27H29N3O4/c1-18-23-21(14-9-15-22(23)34-25(18)27(32)28-16-17-33-2)29-30-26(31)24(19-10-5-3-6-11-19)20-12-7-4-8-13-20/h3-8,10-13,24H,9,14-17H2,1-2H3,(H,28,32)(H,30,31)/b29-21+. The van der Waals surface area contributed by atoms with Crippen LogP contribution < -0.4 is 10.7 Å². The van der Waals surface area contributed by atoms with Crippen molar-refractivity contribution in [2.75, 3.05) is 20.3 Å². The van der Waals surface area contributed by atoms with Crippen LogP contribution in [0.5, 0.6) is 0 Å². The number of carbonyl (C=O) groups excluding carboxylic acids is 2. The predicted molar refractivity (Wildman–Crippen MR) is 130 cm³/mol. The zero-order valence-corrected chi connectivity index (χ0v) is 19.5. The molecular weight excluding hydrogens is 430 g/mol. The Hall–Kier alpha value is -3.71. The number of nitrogens with zero attached hydrogens (tertiary/aromatic N) is 1. The summed E-state index contributed by atoms with van der Waals surface area (Å²) in [5.41, 5.74) is 6.86. The molecule has 1 aliphatic carbocycles. The Morgan fingerprint density at radius 1 is 1.03 bits per heavy atom. The van der Waals surface area contributed by atoms with Crippen LogP contribution in [0.15, 0.2) is 70.2 Å². The highest BCUT2D eigenvalue weighted by Gasteiger charge is 2.29. The first-order chi connectivity index (χ1) is 16.6. The molecule has 1 heterocycles. The van der Waals surface area contributed by atoms with Crippen molar-refractivity contribution in [3.05, 3.63) is 94.4 Å². The number of furan rings is 1. The zero-order valence-electron chi connectivity index (χ0n) is 19.5. The highest BCUT2D eigenvalue weighted by molar-refractivity contribution is 6.06. The lowest BCUT2D eigenvalue weighted by molar-refractivity contribution is -0.121. The quantitative estimate of drug-likeness (QED) is 0.394. The fourth-order valence-electron chi connectivity index (χ4n) is 4.32. The minimum Gasteiger partial charge on any atom is -0.455 e. The third-order valence-corrected chi connectivity index (χ3v) is 5.95. The van der Waals surface area contributed by atoms with Crippen LogP contribution in [0.2, 0.25) is 0 Å². The van der Waals surface area contributed by atoms with Gasteiger partial charge in [-0.25, -0.2) is 5.43 Å². The molecule has 7 nitrogen and oxygen atoms in total. The molecule has 0 spiro atoms. The van der Waals surface area contributed by atoms with Gasteiger partial charge >= 0.3 is 0 Å². The number of ether oxygens (including phenoxy) is 1. The van der Waals surface area contributed by atoms with Gasteiger partial charge < -0.3 is 14.5 Å². The van der Waals surface area contributed by atoms with Crippen LogP contribution in [-0.2, 0) is 16.0 Å². The molecular formula is C27H29N3O4. The molecule has 7 heteroatoms. The Bertz CT molecular complexity index is 1130. The van der Waals surface area contributed by atoms with Crippen LogP contribution >= 0.6 is 0 Å². The molecule has 2 N–H and O–H groups in total. The van der Waals surface area contributed by atoms with Crippen LogP contribution in [0.25, 0.3) is 0 Å². The van der Waals surface area contributed by atoms with Gasteiger partial charge in [-0.1, -0.05) is 60.7 Å². The Morgan fingerprint density at radius 3 is 2.29 bits per heavy atom. The molecule has 0 radical (unpaired) electrons. The van der Waals surface area contributed by atoms with Crippen LogP contribution in [0.4, 0.5) is 0 Å². The molecule has 0 aliphatic heterocycles. The van der Waals surface area contributed by atoms with Gasteiger partial charge in [0.15, 0.2) is 5.76 Å². The average molecular weight is 460 g/mol. The molecule has 0 unspecified atom stereocenters. The van der Waals surface area contributed by atoms with Gasteiger partial charge in [0.2, 0.25) is 0 Å². The summed E-state index contributed by atoms with van der Waals surface area (Å²) in [6, 6.07) is 19.3. The summed E-state index contributed by atoms with van der Waals surface area (Å²) in [6.07, 6.45) is 2.26. The number of hydrazone groups is 1. The number of methoxy groups -OCH3 is 1. The van der Waals surface area contributed by atoms with Gasteiger partial charge in [0.05, 0.1) is 18.2 Å². The van der Waals surface area contributed by atoms with Crippen LogP contribution in [0.3, 0.4) is 0 Å². The summed E-state index contributed by atoms with van der Waals surface area (Å²) >= 11 is 0. The van der Waals surface area contributed by atoms with Crippen molar-refractivity contribution in [2.24, 2.45) is 5.10 Å². The Balaban J connectivity index is 1.58. The molecule has 0 atom stereocenters. The number of rotatable bonds is 8. The van der Waals surface area contributed by atoms with Gasteiger partial charge in [0.25, 0.3) is 11.8 Å². The highest BCUT2D eigenvalue weighted by Crippen LogP contribution is 2.30. The topological polar surface area (TPSA) is 92.9 Å². The van der Waals surface area contributed by atoms with Crippen molar-refractivity contribution in [3.8, 4) is 0 Å². The molecule has 1 aliphatic rings. The summed E-state index contributed by atoms with van der Waals surface area (Å²) in [5.74, 6) is 0.0448. The summed E-state index contributed by atoms with van der Waals surface area (Å²) in [4.78, 5) is 25.9. The van der Waals surface area contributed by atoms with Crippen LogP contribution in [0.1, 0.15) is 57.3 Å². The molecule has 1 aromatic heterocycles. The second kappa shape index (κ2) is 10.9. The van der Waals surface area contributed by atoms with Crippen molar-refractivity contribution in [2.45, 2.75) is 32.1 Å². The van der Waals surface area contributed by atoms with E-state index in [1.54, 1.807) is 7.11 Å². The van der Waals surface area contributed by atoms with Gasteiger partial charge in [0.1, 0.15) is 5.76 Å². The second-order valence-electron chi connectivity index (χ2n) is 8.25. The summed E-state index contributed by atoms with van der Waals surface area (Å²) in [5, 5.41) is 7.31. The molecule has 3 aromatic rings. The number of nitrogens with one attached hydrogen (secondary N) is 2. The largest absolute Gasteiger partial charge is 0.455 e. The molecule has 34 heavy (non-hydrogen) atoms. The lowest BCUT2D eigenvalue weighted by atomic mass is 9.90. The number of aryl methyl sites for hydroxylation is 1. The van der Waals surface area contributed by atoms with Crippen LogP contribution in [-0.4, -0.2) is 37.8 Å². The number of carbonyl (C=O) groups is 2. The molecule has 4 rings (SSSR count). The van der Waals surface area contributed by atoms with E-state index in [4.69, 9.17) is 9.15 Å². The molecule has 0 saturated heterocycles. The lowest BCUT2D eigenvalue weighted by Gasteiger charge is -2.18. The number of hydrogen-bond acceptors (Lipinski definition) is 5. The first-order valence-corrected chi connectivity index (χ1v) is 11.5. The summed E-state index contributed by atoms with van der Waals surface area (Å²) < 4.78 is 10.9. The first-order valence-electron chi connectivity index (χ1n) is 11.5. The Labute approximate surface area is 199 Å². The highest BCUT2D eigenvalue weighted by atomic mass is 16.5. The summed E-state index contributed by atoms with van der Waals surface area (Å²) in [6.45, 7) is 2.68. The third-order valence-electron chi connectivity index (χ3n) is 5.95. The van der Waals surface area contributed by atoms with E-state index in [1.807, 2.05) is 67.6 Å². The van der Waals surface area contributed by atoms with Crippen molar-refractivity contribution >= 4 is 17.5 Å². The van der Waals surface area contributed by atoms with Gasteiger partial charge in [0, 0.05) is 31.2 Å². The normalized spacial score (nSPS) is 14.1. The van der Waals surface area contributed by atoms with E-state index >= 15 is 0 Å². The van der Waals surface area contributed by atoms with Crippen LogP contribution in [0, 0.1) is 6.92 Å². The van der Waals surface area contributed by atoms with E-state index in [0.29, 0.717) is 19.6 Å². The molecule has 2 amide bonds. The maximum absolute atomic E-state index is 13.3. The van der Waals surface area contributed by atoms with Gasteiger partial charge in [-0.15, -0.1) is 0 Å². The molecule has 0 saturated carbocycles. The molecule has 2 aromatic carbocycles. The molecule has 176 valence electrons. The first kappa shape index (κ1) is 23.4. The van der Waals surface area contributed by atoms with Gasteiger partial charge in [-0.2, -0.15) is 5.10 Å². The minimum atomic E-state index is -0.484. The predicted octanol–water partition coefficient (Wildman–Crippen LogP) is 3.95. The van der Waals surface area contributed by atoms with Crippen molar-refractivity contribution in [1.29, 1.82) is 0 Å². The maximum Gasteiger partial charge on any atom is 0.287 e. The molecule has 0 bridgehead atoms. The zero-order chi connectivity index (χ0) is 23.9. The maximum atomic E-state index is 13.3. The lowest BCUT2D eigenvalue weighted by Crippen LogP contribution is -2.28. The SMILES string of the molecule is COCCNC(=O)c1oc2c(c1C)/C(=N/NC(=O)C(c1ccccc1)c1ccccc1)CCC2. The summed E-state index contributed by atoms with van der Waals surface area (Å²) in [7, 11) is 1.58.